The number of aromatic nitrogens is 2. The van der Waals surface area contributed by atoms with Gasteiger partial charge < -0.3 is 0 Å². The zero-order chi connectivity index (χ0) is 16.0. The van der Waals surface area contributed by atoms with E-state index in [2.05, 4.69) is 18.1 Å². The van der Waals surface area contributed by atoms with E-state index < -0.39 is 11.4 Å². The first kappa shape index (κ1) is 16.6. The first-order chi connectivity index (χ1) is 10.1. The van der Waals surface area contributed by atoms with Gasteiger partial charge in [0.25, 0.3) is 5.56 Å². The molecule has 0 saturated carbocycles. The predicted octanol–water partition coefficient (Wildman–Crippen LogP) is 4.15. The van der Waals surface area contributed by atoms with Crippen LogP contribution in [0, 0.1) is 6.92 Å². The van der Waals surface area contributed by atoms with Crippen molar-refractivity contribution >= 4 is 11.9 Å². The van der Waals surface area contributed by atoms with Crippen molar-refractivity contribution < 1.29 is 4.39 Å². The van der Waals surface area contributed by atoms with Crippen molar-refractivity contribution in [3.8, 4) is 5.69 Å². The molecule has 1 heterocycles. The van der Waals surface area contributed by atoms with E-state index >= 15 is 0 Å². The average molecular weight is 286 g/mol. The Morgan fingerprint density at radius 2 is 1.86 bits per heavy atom. The molecule has 4 heteroatoms. The number of aryl methyl sites for hydroxylation is 1. The fraction of sp³-hybridized carbons (Fsp3) is 0.176. The van der Waals surface area contributed by atoms with Crippen molar-refractivity contribution in [2.24, 2.45) is 0 Å². The summed E-state index contributed by atoms with van der Waals surface area (Å²) in [5.41, 5.74) is 0.211. The molecule has 2 rings (SSSR count). The van der Waals surface area contributed by atoms with E-state index in [0.29, 0.717) is 11.5 Å². The maximum Gasteiger partial charge on any atom is 0.268 e. The molecule has 0 saturated heterocycles. The summed E-state index contributed by atoms with van der Waals surface area (Å²) < 4.78 is 14.8. The summed E-state index contributed by atoms with van der Waals surface area (Å²) in [7, 11) is 0. The Balaban J connectivity index is 0.00000106. The fourth-order valence-corrected chi connectivity index (χ4v) is 1.93. The quantitative estimate of drug-likeness (QED) is 0.849. The molecule has 0 unspecified atom stereocenters. The third kappa shape index (κ3) is 3.34. The SMILES string of the molecule is C=Cc1nc(C)n(-c2ccccc2)c(=O)c1C(=C)F.CC. The predicted molar refractivity (Wildman–Crippen MR) is 86.2 cm³/mol. The molecular weight excluding hydrogens is 267 g/mol. The highest BCUT2D eigenvalue weighted by molar-refractivity contribution is 5.66. The highest BCUT2D eigenvalue weighted by atomic mass is 19.1. The van der Waals surface area contributed by atoms with E-state index in [1.54, 1.807) is 31.2 Å². The molecule has 0 radical (unpaired) electrons. The lowest BCUT2D eigenvalue weighted by atomic mass is 10.2. The molecule has 3 nitrogen and oxygen atoms in total. The Kier molecular flexibility index (Phi) is 5.79. The molecule has 0 bridgehead atoms. The van der Waals surface area contributed by atoms with Gasteiger partial charge in [-0.15, -0.1) is 0 Å². The van der Waals surface area contributed by atoms with Crippen LogP contribution in [0.5, 0.6) is 0 Å². The third-order valence-corrected chi connectivity index (χ3v) is 2.76. The van der Waals surface area contributed by atoms with Crippen LogP contribution in [0.1, 0.15) is 30.9 Å². The molecule has 110 valence electrons. The van der Waals surface area contributed by atoms with E-state index in [4.69, 9.17) is 0 Å². The van der Waals surface area contributed by atoms with Gasteiger partial charge in [-0.05, 0) is 25.1 Å². The minimum Gasteiger partial charge on any atom is -0.268 e. The van der Waals surface area contributed by atoms with Gasteiger partial charge in [-0.1, -0.05) is 45.2 Å². The molecular formula is C17H19FN2O. The Morgan fingerprint density at radius 3 is 2.33 bits per heavy atom. The minimum absolute atomic E-state index is 0.149. The summed E-state index contributed by atoms with van der Waals surface area (Å²) >= 11 is 0. The second-order valence-corrected chi connectivity index (χ2v) is 4.00. The van der Waals surface area contributed by atoms with E-state index in [-0.39, 0.29) is 11.3 Å². The van der Waals surface area contributed by atoms with Gasteiger partial charge in [-0.25, -0.2) is 9.37 Å². The number of para-hydroxylation sites is 1. The van der Waals surface area contributed by atoms with Crippen molar-refractivity contribution in [1.29, 1.82) is 0 Å². The summed E-state index contributed by atoms with van der Waals surface area (Å²) in [6.07, 6.45) is 1.35. The Bertz CT molecular complexity index is 703. The molecule has 0 atom stereocenters. The zero-order valence-electron chi connectivity index (χ0n) is 12.6. The van der Waals surface area contributed by atoms with E-state index in [1.165, 1.54) is 10.6 Å². The lowest BCUT2D eigenvalue weighted by Gasteiger charge is -2.12. The van der Waals surface area contributed by atoms with Crippen molar-refractivity contribution in [1.82, 2.24) is 9.55 Å². The second kappa shape index (κ2) is 7.33. The Morgan fingerprint density at radius 1 is 1.29 bits per heavy atom. The van der Waals surface area contributed by atoms with Crippen LogP contribution in [0.2, 0.25) is 0 Å². The minimum atomic E-state index is -0.808. The van der Waals surface area contributed by atoms with Gasteiger partial charge in [0.1, 0.15) is 17.2 Å². The number of nitrogens with zero attached hydrogens (tertiary/aromatic N) is 2. The highest BCUT2D eigenvalue weighted by Gasteiger charge is 2.16. The lowest BCUT2D eigenvalue weighted by Crippen LogP contribution is -2.26. The summed E-state index contributed by atoms with van der Waals surface area (Å²) in [5.74, 6) is -0.340. The number of hydrogen-bond donors (Lipinski definition) is 0. The lowest BCUT2D eigenvalue weighted by molar-refractivity contribution is 0.748. The Hall–Kier alpha value is -2.49. The molecule has 0 aliphatic rings. The molecule has 0 fully saturated rings. The molecule has 0 amide bonds. The normalized spacial score (nSPS) is 9.52. The van der Waals surface area contributed by atoms with E-state index in [1.807, 2.05) is 19.9 Å². The molecule has 0 N–H and O–H groups in total. The van der Waals surface area contributed by atoms with Gasteiger partial charge in [0.2, 0.25) is 0 Å². The van der Waals surface area contributed by atoms with Gasteiger partial charge in [-0.3, -0.25) is 9.36 Å². The van der Waals surface area contributed by atoms with Crippen molar-refractivity contribution in [3.05, 3.63) is 70.9 Å². The molecule has 1 aromatic heterocycles. The topological polar surface area (TPSA) is 34.9 Å². The molecule has 1 aromatic carbocycles. The molecule has 0 spiro atoms. The zero-order valence-corrected chi connectivity index (χ0v) is 12.6. The van der Waals surface area contributed by atoms with Crippen molar-refractivity contribution in [3.63, 3.8) is 0 Å². The van der Waals surface area contributed by atoms with Gasteiger partial charge in [0, 0.05) is 0 Å². The summed E-state index contributed by atoms with van der Waals surface area (Å²) in [6, 6.07) is 8.95. The average Bonchev–Trinajstić information content (AvgIpc) is 2.49. The van der Waals surface area contributed by atoms with Gasteiger partial charge in [0.05, 0.1) is 11.4 Å². The second-order valence-electron chi connectivity index (χ2n) is 4.00. The van der Waals surface area contributed by atoms with Gasteiger partial charge in [0.15, 0.2) is 0 Å². The van der Waals surface area contributed by atoms with Crippen LogP contribution < -0.4 is 5.56 Å². The molecule has 0 aliphatic carbocycles. The standard InChI is InChI=1S/C15H13FN2O.C2H6/c1-4-13-14(10(2)16)15(19)18(11(3)17-13)12-8-6-5-7-9-12;1-2/h4-9H,1-2H2,3H3;1-2H3. The van der Waals surface area contributed by atoms with Crippen LogP contribution in [-0.4, -0.2) is 9.55 Å². The van der Waals surface area contributed by atoms with Gasteiger partial charge in [-0.2, -0.15) is 0 Å². The third-order valence-electron chi connectivity index (χ3n) is 2.76. The van der Waals surface area contributed by atoms with Gasteiger partial charge >= 0.3 is 0 Å². The highest BCUT2D eigenvalue weighted by Crippen LogP contribution is 2.16. The fourth-order valence-electron chi connectivity index (χ4n) is 1.93. The molecule has 2 aromatic rings. The molecule has 0 aliphatic heterocycles. The number of hydrogen-bond acceptors (Lipinski definition) is 2. The van der Waals surface area contributed by atoms with E-state index in [0.717, 1.165) is 0 Å². The smallest absolute Gasteiger partial charge is 0.268 e. The summed E-state index contributed by atoms with van der Waals surface area (Å²) in [5, 5.41) is 0. The first-order valence-electron chi connectivity index (χ1n) is 6.72. The van der Waals surface area contributed by atoms with Crippen LogP contribution in [0.15, 0.2) is 48.3 Å². The first-order valence-corrected chi connectivity index (χ1v) is 6.72. The monoisotopic (exact) mass is 286 g/mol. The van der Waals surface area contributed by atoms with Crippen molar-refractivity contribution in [2.45, 2.75) is 20.8 Å². The van der Waals surface area contributed by atoms with Crippen LogP contribution in [0.4, 0.5) is 4.39 Å². The number of halogens is 1. The Labute approximate surface area is 124 Å². The number of benzene rings is 1. The van der Waals surface area contributed by atoms with E-state index in [9.17, 15) is 9.18 Å². The van der Waals surface area contributed by atoms with Crippen LogP contribution in [0.3, 0.4) is 0 Å². The van der Waals surface area contributed by atoms with Crippen LogP contribution >= 0.6 is 0 Å². The summed E-state index contributed by atoms with van der Waals surface area (Å²) in [4.78, 5) is 16.6. The number of rotatable bonds is 3. The summed E-state index contributed by atoms with van der Waals surface area (Å²) in [6.45, 7) is 12.4. The van der Waals surface area contributed by atoms with Crippen LogP contribution in [0.25, 0.3) is 17.6 Å². The maximum atomic E-state index is 13.5. The van der Waals surface area contributed by atoms with Crippen LogP contribution in [-0.2, 0) is 0 Å². The maximum absolute atomic E-state index is 13.5. The van der Waals surface area contributed by atoms with Crippen molar-refractivity contribution in [2.75, 3.05) is 0 Å². The molecule has 21 heavy (non-hydrogen) atoms. The largest absolute Gasteiger partial charge is 0.268 e.